The molecule has 0 amide bonds. The normalized spacial score (nSPS) is 12.2. The number of ether oxygens (including phenoxy) is 1. The molecule has 2 nitrogen and oxygen atoms in total. The van der Waals surface area contributed by atoms with Crippen molar-refractivity contribution in [2.24, 2.45) is 5.73 Å². The smallest absolute Gasteiger partial charge is 0.135 e. The number of halogens is 2. The highest BCUT2D eigenvalue weighted by Crippen LogP contribution is 2.30. The SMILES string of the molecule is CC(N)c1c(F)cccc1Oc1cccc(F)c1. The summed E-state index contributed by atoms with van der Waals surface area (Å²) in [5.41, 5.74) is 5.98. The summed E-state index contributed by atoms with van der Waals surface area (Å²) in [6, 6.07) is 9.60. The number of hydrogen-bond acceptors (Lipinski definition) is 2. The molecule has 0 aliphatic heterocycles. The van der Waals surface area contributed by atoms with Gasteiger partial charge < -0.3 is 10.5 Å². The van der Waals surface area contributed by atoms with Gasteiger partial charge in [-0.1, -0.05) is 12.1 Å². The van der Waals surface area contributed by atoms with Crippen molar-refractivity contribution >= 4 is 0 Å². The van der Waals surface area contributed by atoms with Crippen molar-refractivity contribution in [1.29, 1.82) is 0 Å². The van der Waals surface area contributed by atoms with Gasteiger partial charge in [-0.3, -0.25) is 0 Å². The van der Waals surface area contributed by atoms with Gasteiger partial charge in [0.25, 0.3) is 0 Å². The van der Waals surface area contributed by atoms with Gasteiger partial charge in [0.2, 0.25) is 0 Å². The highest BCUT2D eigenvalue weighted by atomic mass is 19.1. The summed E-state index contributed by atoms with van der Waals surface area (Å²) in [5.74, 6) is -0.233. The summed E-state index contributed by atoms with van der Waals surface area (Å²) < 4.78 is 32.2. The van der Waals surface area contributed by atoms with Gasteiger partial charge in [0.15, 0.2) is 0 Å². The molecule has 0 saturated heterocycles. The Labute approximate surface area is 104 Å². The van der Waals surface area contributed by atoms with E-state index in [1.54, 1.807) is 19.1 Å². The van der Waals surface area contributed by atoms with Crippen LogP contribution in [-0.4, -0.2) is 0 Å². The van der Waals surface area contributed by atoms with E-state index in [0.29, 0.717) is 11.5 Å². The predicted molar refractivity (Wildman–Crippen MR) is 65.5 cm³/mol. The second-order valence-corrected chi connectivity index (χ2v) is 4.00. The molecule has 2 aromatic carbocycles. The summed E-state index contributed by atoms with van der Waals surface area (Å²) in [6.45, 7) is 1.66. The first-order valence-electron chi connectivity index (χ1n) is 5.55. The zero-order valence-electron chi connectivity index (χ0n) is 9.86. The highest BCUT2D eigenvalue weighted by molar-refractivity contribution is 5.40. The molecule has 2 N–H and O–H groups in total. The maximum absolute atomic E-state index is 13.6. The van der Waals surface area contributed by atoms with Gasteiger partial charge in [0.1, 0.15) is 23.1 Å². The number of hydrogen-bond donors (Lipinski definition) is 1. The Morgan fingerprint density at radius 3 is 2.50 bits per heavy atom. The molecular formula is C14H13F2NO. The maximum Gasteiger partial charge on any atom is 0.135 e. The Hall–Kier alpha value is -1.94. The molecule has 1 atom stereocenters. The van der Waals surface area contributed by atoms with Crippen LogP contribution >= 0.6 is 0 Å². The van der Waals surface area contributed by atoms with Crippen molar-refractivity contribution in [3.05, 3.63) is 59.7 Å². The lowest BCUT2D eigenvalue weighted by Gasteiger charge is -2.14. The first-order valence-corrected chi connectivity index (χ1v) is 5.55. The molecule has 94 valence electrons. The molecule has 0 aliphatic rings. The van der Waals surface area contributed by atoms with E-state index in [2.05, 4.69) is 0 Å². The topological polar surface area (TPSA) is 35.2 Å². The second kappa shape index (κ2) is 5.14. The van der Waals surface area contributed by atoms with Crippen molar-refractivity contribution in [3.63, 3.8) is 0 Å². The molecule has 2 rings (SSSR count). The zero-order valence-corrected chi connectivity index (χ0v) is 9.86. The third-order valence-corrected chi connectivity index (χ3v) is 2.49. The average molecular weight is 249 g/mol. The van der Waals surface area contributed by atoms with Crippen LogP contribution in [0.1, 0.15) is 18.5 Å². The third kappa shape index (κ3) is 2.65. The van der Waals surface area contributed by atoms with E-state index in [1.165, 1.54) is 30.3 Å². The molecule has 0 radical (unpaired) electrons. The Balaban J connectivity index is 2.37. The van der Waals surface area contributed by atoms with Crippen molar-refractivity contribution < 1.29 is 13.5 Å². The van der Waals surface area contributed by atoms with Crippen molar-refractivity contribution in [2.45, 2.75) is 13.0 Å². The van der Waals surface area contributed by atoms with Crippen LogP contribution in [-0.2, 0) is 0 Å². The Bertz CT molecular complexity index is 555. The molecule has 0 aliphatic carbocycles. The molecular weight excluding hydrogens is 236 g/mol. The molecule has 4 heteroatoms. The first-order chi connectivity index (χ1) is 8.58. The highest BCUT2D eigenvalue weighted by Gasteiger charge is 2.14. The monoisotopic (exact) mass is 249 g/mol. The quantitative estimate of drug-likeness (QED) is 0.898. The van der Waals surface area contributed by atoms with Crippen LogP contribution in [0.25, 0.3) is 0 Å². The van der Waals surface area contributed by atoms with Crippen LogP contribution < -0.4 is 10.5 Å². The molecule has 0 fully saturated rings. The fourth-order valence-electron chi connectivity index (χ4n) is 1.71. The van der Waals surface area contributed by atoms with Crippen LogP contribution in [0.2, 0.25) is 0 Å². The third-order valence-electron chi connectivity index (χ3n) is 2.49. The molecule has 0 bridgehead atoms. The van der Waals surface area contributed by atoms with Gasteiger partial charge in [-0.2, -0.15) is 0 Å². The van der Waals surface area contributed by atoms with Crippen LogP contribution in [0.4, 0.5) is 8.78 Å². The largest absolute Gasteiger partial charge is 0.457 e. The van der Waals surface area contributed by atoms with E-state index in [-0.39, 0.29) is 5.56 Å². The van der Waals surface area contributed by atoms with E-state index in [4.69, 9.17) is 10.5 Å². The Morgan fingerprint density at radius 2 is 1.83 bits per heavy atom. The molecule has 0 aromatic heterocycles. The fourth-order valence-corrected chi connectivity index (χ4v) is 1.71. The minimum atomic E-state index is -0.505. The minimum absolute atomic E-state index is 0.279. The van der Waals surface area contributed by atoms with Crippen LogP contribution in [0.3, 0.4) is 0 Å². The first kappa shape index (κ1) is 12.5. The standard InChI is InChI=1S/C14H13F2NO/c1-9(17)14-12(16)6-3-7-13(14)18-11-5-2-4-10(15)8-11/h2-9H,17H2,1H3. The average Bonchev–Trinajstić information content (AvgIpc) is 2.28. The summed E-state index contributed by atoms with van der Waals surface area (Å²) in [7, 11) is 0. The van der Waals surface area contributed by atoms with Gasteiger partial charge in [-0.25, -0.2) is 8.78 Å². The number of rotatable bonds is 3. The van der Waals surface area contributed by atoms with E-state index in [1.807, 2.05) is 0 Å². The lowest BCUT2D eigenvalue weighted by atomic mass is 10.1. The van der Waals surface area contributed by atoms with Gasteiger partial charge in [-0.05, 0) is 31.2 Å². The molecule has 2 aromatic rings. The van der Waals surface area contributed by atoms with E-state index >= 15 is 0 Å². The fraction of sp³-hybridized carbons (Fsp3) is 0.143. The van der Waals surface area contributed by atoms with Crippen LogP contribution in [0.5, 0.6) is 11.5 Å². The Morgan fingerprint density at radius 1 is 1.11 bits per heavy atom. The number of nitrogens with two attached hydrogens (primary N) is 1. The lowest BCUT2D eigenvalue weighted by molar-refractivity contribution is 0.456. The molecule has 0 heterocycles. The molecule has 0 spiro atoms. The van der Waals surface area contributed by atoms with E-state index in [0.717, 1.165) is 0 Å². The van der Waals surface area contributed by atoms with Crippen LogP contribution in [0.15, 0.2) is 42.5 Å². The Kier molecular flexibility index (Phi) is 3.58. The summed E-state index contributed by atoms with van der Waals surface area (Å²) in [4.78, 5) is 0. The van der Waals surface area contributed by atoms with Gasteiger partial charge in [0, 0.05) is 17.7 Å². The number of benzene rings is 2. The van der Waals surface area contributed by atoms with Crippen molar-refractivity contribution in [1.82, 2.24) is 0 Å². The van der Waals surface area contributed by atoms with Gasteiger partial charge >= 0.3 is 0 Å². The van der Waals surface area contributed by atoms with Gasteiger partial charge in [-0.15, -0.1) is 0 Å². The summed E-state index contributed by atoms with van der Waals surface area (Å²) in [5, 5.41) is 0. The minimum Gasteiger partial charge on any atom is -0.457 e. The molecule has 0 saturated carbocycles. The zero-order chi connectivity index (χ0) is 13.1. The van der Waals surface area contributed by atoms with Gasteiger partial charge in [0.05, 0.1) is 0 Å². The lowest BCUT2D eigenvalue weighted by Crippen LogP contribution is -2.09. The van der Waals surface area contributed by atoms with E-state index < -0.39 is 17.7 Å². The predicted octanol–water partition coefficient (Wildman–Crippen LogP) is 3.78. The molecule has 18 heavy (non-hydrogen) atoms. The summed E-state index contributed by atoms with van der Waals surface area (Å²) >= 11 is 0. The van der Waals surface area contributed by atoms with Crippen molar-refractivity contribution in [2.75, 3.05) is 0 Å². The second-order valence-electron chi connectivity index (χ2n) is 4.00. The maximum atomic E-state index is 13.6. The molecule has 1 unspecified atom stereocenters. The van der Waals surface area contributed by atoms with Crippen molar-refractivity contribution in [3.8, 4) is 11.5 Å². The summed E-state index contributed by atoms with van der Waals surface area (Å²) in [6.07, 6.45) is 0. The van der Waals surface area contributed by atoms with E-state index in [9.17, 15) is 8.78 Å². The van der Waals surface area contributed by atoms with Crippen LogP contribution in [0, 0.1) is 11.6 Å².